The lowest BCUT2D eigenvalue weighted by Crippen LogP contribution is -2.33. The van der Waals surface area contributed by atoms with Crippen LogP contribution in [0.25, 0.3) is 11.0 Å². The number of carbonyl (C=O) groups excluding carboxylic acids is 1. The Morgan fingerprint density at radius 2 is 1.92 bits per heavy atom. The van der Waals surface area contributed by atoms with Crippen molar-refractivity contribution in [3.63, 3.8) is 0 Å². The molecule has 194 valence electrons. The fraction of sp³-hybridized carbons (Fsp3) is 0.538. The van der Waals surface area contributed by atoms with E-state index in [1.165, 1.54) is 30.4 Å². The number of rotatable bonds is 8. The van der Waals surface area contributed by atoms with Crippen molar-refractivity contribution in [3.05, 3.63) is 36.0 Å². The Kier molecular flexibility index (Phi) is 7.31. The van der Waals surface area contributed by atoms with Crippen LogP contribution in [0.15, 0.2) is 24.5 Å². The third-order valence-corrected chi connectivity index (χ3v) is 7.08. The van der Waals surface area contributed by atoms with Gasteiger partial charge in [-0.3, -0.25) is 9.69 Å². The number of hydrogen-bond acceptors (Lipinski definition) is 7. The number of amides is 1. The van der Waals surface area contributed by atoms with Crippen molar-refractivity contribution in [2.24, 2.45) is 0 Å². The topological polar surface area (TPSA) is 88.4 Å². The summed E-state index contributed by atoms with van der Waals surface area (Å²) in [5.41, 5.74) is 1.19. The minimum atomic E-state index is -0.560. The van der Waals surface area contributed by atoms with Crippen LogP contribution in [0.5, 0.6) is 5.88 Å². The second kappa shape index (κ2) is 10.8. The van der Waals surface area contributed by atoms with Crippen molar-refractivity contribution in [1.82, 2.24) is 29.3 Å². The smallest absolute Gasteiger partial charge is 0.273 e. The van der Waals surface area contributed by atoms with Gasteiger partial charge in [-0.1, -0.05) is 19.3 Å². The second-order valence-electron chi connectivity index (χ2n) is 9.86. The first-order valence-electron chi connectivity index (χ1n) is 12.9. The van der Waals surface area contributed by atoms with Gasteiger partial charge in [0.05, 0.1) is 17.3 Å². The van der Waals surface area contributed by atoms with Crippen molar-refractivity contribution in [1.29, 1.82) is 0 Å². The van der Waals surface area contributed by atoms with Gasteiger partial charge in [0, 0.05) is 40.4 Å². The summed E-state index contributed by atoms with van der Waals surface area (Å²) >= 11 is 0. The molecule has 2 aliphatic rings. The van der Waals surface area contributed by atoms with Crippen LogP contribution in [0.1, 0.15) is 62.9 Å². The second-order valence-corrected chi connectivity index (χ2v) is 9.86. The maximum atomic E-state index is 15.4. The number of halogens is 1. The van der Waals surface area contributed by atoms with Gasteiger partial charge in [-0.05, 0) is 44.8 Å². The maximum Gasteiger partial charge on any atom is 0.273 e. The van der Waals surface area contributed by atoms with Crippen molar-refractivity contribution in [2.45, 2.75) is 51.0 Å². The number of nitrogens with zero attached hydrogens (tertiary/aromatic N) is 6. The zero-order chi connectivity index (χ0) is 25.1. The first-order chi connectivity index (χ1) is 17.5. The predicted molar refractivity (Wildman–Crippen MR) is 138 cm³/mol. The summed E-state index contributed by atoms with van der Waals surface area (Å²) in [6, 6.07) is 3.71. The summed E-state index contributed by atoms with van der Waals surface area (Å²) in [6.45, 7) is 3.80. The number of ether oxygens (including phenoxy) is 1. The van der Waals surface area contributed by atoms with E-state index in [2.05, 4.69) is 25.2 Å². The monoisotopic (exact) mass is 497 g/mol. The molecule has 1 amide bonds. The summed E-state index contributed by atoms with van der Waals surface area (Å²) in [4.78, 5) is 30.0. The third kappa shape index (κ3) is 5.13. The van der Waals surface area contributed by atoms with E-state index in [1.807, 2.05) is 12.1 Å². The van der Waals surface area contributed by atoms with Crippen molar-refractivity contribution in [3.8, 4) is 5.88 Å². The molecule has 2 fully saturated rings. The first kappa shape index (κ1) is 24.4. The van der Waals surface area contributed by atoms with E-state index >= 15 is 4.39 Å². The van der Waals surface area contributed by atoms with Gasteiger partial charge in [-0.2, -0.15) is 4.98 Å². The molecule has 0 atom stereocenters. The number of hydrogen-bond donors (Lipinski definition) is 1. The lowest BCUT2D eigenvalue weighted by molar-refractivity contribution is 0.0810. The third-order valence-electron chi connectivity index (χ3n) is 7.08. The van der Waals surface area contributed by atoms with Gasteiger partial charge in [0.1, 0.15) is 17.9 Å². The van der Waals surface area contributed by atoms with Gasteiger partial charge in [0.2, 0.25) is 11.8 Å². The summed E-state index contributed by atoms with van der Waals surface area (Å²) in [7, 11) is 3.26. The van der Waals surface area contributed by atoms with Crippen molar-refractivity contribution < 1.29 is 15.3 Å². The van der Waals surface area contributed by atoms with Crippen LogP contribution in [0.2, 0.25) is 0 Å². The Balaban J connectivity index is 0.00000320. The minimum absolute atomic E-state index is 0. The zero-order valence-corrected chi connectivity index (χ0v) is 21.0. The molecule has 3 aromatic rings. The lowest BCUT2D eigenvalue weighted by Gasteiger charge is -2.26. The van der Waals surface area contributed by atoms with Crippen LogP contribution in [-0.2, 0) is 0 Å². The molecule has 1 N–H and O–H groups in total. The van der Waals surface area contributed by atoms with Gasteiger partial charge < -0.3 is 19.5 Å². The Morgan fingerprint density at radius 3 is 2.61 bits per heavy atom. The predicted octanol–water partition coefficient (Wildman–Crippen LogP) is 4.64. The van der Waals surface area contributed by atoms with E-state index < -0.39 is 5.82 Å². The maximum absolute atomic E-state index is 15.4. The van der Waals surface area contributed by atoms with Gasteiger partial charge >= 0.3 is 0 Å². The molecule has 0 unspecified atom stereocenters. The number of carbonyl (C=O) groups is 1. The fourth-order valence-electron chi connectivity index (χ4n) is 5.17. The van der Waals surface area contributed by atoms with Crippen LogP contribution in [-0.4, -0.2) is 75.6 Å². The molecule has 4 heterocycles. The standard InChI is InChI=1S/C26H34FN7O2.H2/c1-32(2)25(35)23-22(27)20-17-29-26(31-24(20)34(23)19-8-4-5-9-19)30-18-10-11-21(28-16-18)36-15-14-33-12-6-3-7-13-33;/h10-11,16-17,19H,3-9,12-15H2,1-2H3,(H,29,30,31);1H. The number of aromatic nitrogens is 4. The average molecular weight is 498 g/mol. The molecular formula is C26H36FN7O2. The lowest BCUT2D eigenvalue weighted by atomic mass is 10.1. The summed E-state index contributed by atoms with van der Waals surface area (Å²) < 4.78 is 23.0. The highest BCUT2D eigenvalue weighted by molar-refractivity contribution is 5.98. The molecular weight excluding hydrogens is 461 g/mol. The quantitative estimate of drug-likeness (QED) is 0.485. The molecule has 9 nitrogen and oxygen atoms in total. The number of nitrogens with one attached hydrogen (secondary N) is 1. The molecule has 0 aromatic carbocycles. The molecule has 1 saturated heterocycles. The van der Waals surface area contributed by atoms with E-state index in [0.29, 0.717) is 29.8 Å². The Bertz CT molecular complexity index is 1210. The van der Waals surface area contributed by atoms with Crippen LogP contribution >= 0.6 is 0 Å². The van der Waals surface area contributed by atoms with Gasteiger partial charge in [0.25, 0.3) is 5.91 Å². The first-order valence-corrected chi connectivity index (χ1v) is 12.9. The minimum Gasteiger partial charge on any atom is -0.476 e. The van der Waals surface area contributed by atoms with E-state index in [0.717, 1.165) is 45.3 Å². The van der Waals surface area contributed by atoms with Crippen LogP contribution in [0.3, 0.4) is 0 Å². The number of piperidine rings is 1. The fourth-order valence-corrected chi connectivity index (χ4v) is 5.17. The largest absolute Gasteiger partial charge is 0.476 e. The normalized spacial score (nSPS) is 17.0. The Labute approximate surface area is 212 Å². The SMILES string of the molecule is CN(C)C(=O)c1c(F)c2cnc(Nc3ccc(OCCN4CCCCC4)nc3)nc2n1C1CCCC1.[HH]. The molecule has 3 aromatic heterocycles. The van der Waals surface area contributed by atoms with Crippen LogP contribution < -0.4 is 10.1 Å². The zero-order valence-electron chi connectivity index (χ0n) is 21.0. The van der Waals surface area contributed by atoms with E-state index in [-0.39, 0.29) is 24.5 Å². The van der Waals surface area contributed by atoms with E-state index in [4.69, 9.17) is 4.74 Å². The molecule has 1 aliphatic carbocycles. The van der Waals surface area contributed by atoms with Crippen LogP contribution in [0, 0.1) is 5.82 Å². The Hall–Kier alpha value is -3.27. The molecule has 0 radical (unpaired) electrons. The highest BCUT2D eigenvalue weighted by Crippen LogP contribution is 2.36. The van der Waals surface area contributed by atoms with Crippen LogP contribution in [0.4, 0.5) is 16.0 Å². The van der Waals surface area contributed by atoms with Gasteiger partial charge in [0.15, 0.2) is 5.82 Å². The van der Waals surface area contributed by atoms with Crippen molar-refractivity contribution in [2.75, 3.05) is 45.7 Å². The summed E-state index contributed by atoms with van der Waals surface area (Å²) in [5, 5.41) is 3.41. The number of fused-ring (bicyclic) bond motifs is 1. The molecule has 0 spiro atoms. The van der Waals surface area contributed by atoms with E-state index in [1.54, 1.807) is 24.9 Å². The average Bonchev–Trinajstić information content (AvgIpc) is 3.51. The highest BCUT2D eigenvalue weighted by Gasteiger charge is 2.31. The summed E-state index contributed by atoms with van der Waals surface area (Å²) in [6.07, 6.45) is 10.9. The molecule has 1 saturated carbocycles. The number of anilines is 2. The van der Waals surface area contributed by atoms with E-state index in [9.17, 15) is 4.79 Å². The Morgan fingerprint density at radius 1 is 1.14 bits per heavy atom. The van der Waals surface area contributed by atoms with Crippen molar-refractivity contribution >= 4 is 28.6 Å². The molecule has 5 rings (SSSR count). The molecule has 0 bridgehead atoms. The number of pyridine rings is 1. The summed E-state index contributed by atoms with van der Waals surface area (Å²) in [5.74, 6) is -0.0385. The number of likely N-dealkylation sites (tertiary alicyclic amines) is 1. The van der Waals surface area contributed by atoms with Gasteiger partial charge in [-0.25, -0.2) is 14.4 Å². The molecule has 36 heavy (non-hydrogen) atoms. The highest BCUT2D eigenvalue weighted by atomic mass is 19.1. The van der Waals surface area contributed by atoms with Gasteiger partial charge in [-0.15, -0.1) is 0 Å². The molecule has 1 aliphatic heterocycles. The molecule has 10 heteroatoms.